The number of anilines is 1. The Morgan fingerprint density at radius 2 is 2.04 bits per heavy atom. The van der Waals surface area contributed by atoms with Crippen LogP contribution in [0.4, 0.5) is 14.5 Å². The molecule has 0 heterocycles. The van der Waals surface area contributed by atoms with Gasteiger partial charge in [-0.25, -0.2) is 0 Å². The summed E-state index contributed by atoms with van der Waals surface area (Å²) in [5.41, 5.74) is 1.37. The number of halogens is 2. The van der Waals surface area contributed by atoms with Crippen molar-refractivity contribution >= 4 is 17.8 Å². The average Bonchev–Trinajstić information content (AvgIpc) is 2.68. The number of nitriles is 1. The molecule has 0 aliphatic heterocycles. The maximum atomic E-state index is 12.3. The van der Waals surface area contributed by atoms with Crippen molar-refractivity contribution in [1.82, 2.24) is 0 Å². The summed E-state index contributed by atoms with van der Waals surface area (Å²) in [5.74, 6) is -0.458. The second kappa shape index (κ2) is 9.87. The van der Waals surface area contributed by atoms with Gasteiger partial charge >= 0.3 is 6.61 Å². The molecule has 2 rings (SSSR count). The van der Waals surface area contributed by atoms with E-state index in [-0.39, 0.29) is 11.5 Å². The number of methoxy groups -OCH3 is 1. The number of benzene rings is 2. The molecule has 0 radical (unpaired) electrons. The number of nitrogens with one attached hydrogen (secondary N) is 1. The van der Waals surface area contributed by atoms with Gasteiger partial charge < -0.3 is 19.6 Å². The zero-order chi connectivity index (χ0) is 20.5. The fourth-order valence-corrected chi connectivity index (χ4v) is 2.10. The molecule has 28 heavy (non-hydrogen) atoms. The maximum absolute atomic E-state index is 12.3. The van der Waals surface area contributed by atoms with Crippen LogP contribution in [0.1, 0.15) is 18.1 Å². The van der Waals surface area contributed by atoms with Crippen molar-refractivity contribution < 1.29 is 27.9 Å². The second-order valence-corrected chi connectivity index (χ2v) is 5.45. The van der Waals surface area contributed by atoms with Gasteiger partial charge in [-0.15, -0.1) is 0 Å². The maximum Gasteiger partial charge on any atom is 0.387 e. The van der Waals surface area contributed by atoms with Crippen LogP contribution >= 0.6 is 0 Å². The van der Waals surface area contributed by atoms with Gasteiger partial charge in [0.1, 0.15) is 0 Å². The highest BCUT2D eigenvalue weighted by atomic mass is 19.3. The molecule has 2 aromatic carbocycles. The third kappa shape index (κ3) is 5.95. The first-order chi connectivity index (χ1) is 13.4. The number of nitrogens with zero attached hydrogens (tertiary/aromatic N) is 2. The van der Waals surface area contributed by atoms with E-state index in [0.29, 0.717) is 16.8 Å². The second-order valence-electron chi connectivity index (χ2n) is 5.45. The molecular weight excluding hydrogens is 372 g/mol. The van der Waals surface area contributed by atoms with Crippen LogP contribution in [0.5, 0.6) is 11.5 Å². The standard InChI is InChI=1S/C19H17F2N3O4/c1-12(18(25)24-15-5-3-4-13(8-15)10-22)28-23-11-14-6-7-16(27-19(20)21)17(9-14)26-2/h3-9,11-12,19H,1-2H3,(H,24,25)/b23-11-/t12-/m0/s1. The molecule has 1 amide bonds. The van der Waals surface area contributed by atoms with Gasteiger partial charge in [0, 0.05) is 11.3 Å². The fourth-order valence-electron chi connectivity index (χ4n) is 2.10. The summed E-state index contributed by atoms with van der Waals surface area (Å²) in [6.45, 7) is -1.47. The van der Waals surface area contributed by atoms with Gasteiger partial charge in [-0.05, 0) is 43.3 Å². The highest BCUT2D eigenvalue weighted by molar-refractivity contribution is 5.94. The lowest BCUT2D eigenvalue weighted by molar-refractivity contribution is -0.126. The monoisotopic (exact) mass is 389 g/mol. The zero-order valence-corrected chi connectivity index (χ0v) is 15.1. The molecule has 1 atom stereocenters. The summed E-state index contributed by atoms with van der Waals surface area (Å²) in [6.07, 6.45) is 0.389. The molecule has 7 nitrogen and oxygen atoms in total. The largest absolute Gasteiger partial charge is 0.493 e. The fraction of sp³-hybridized carbons (Fsp3) is 0.211. The van der Waals surface area contributed by atoms with Crippen molar-refractivity contribution in [1.29, 1.82) is 5.26 Å². The Kier molecular flexibility index (Phi) is 7.28. The van der Waals surface area contributed by atoms with Crippen LogP contribution in [0.25, 0.3) is 0 Å². The van der Waals surface area contributed by atoms with Crippen LogP contribution in [-0.2, 0) is 9.63 Å². The number of rotatable bonds is 8. The first-order valence-corrected chi connectivity index (χ1v) is 8.06. The summed E-state index contributed by atoms with van der Waals surface area (Å²) in [4.78, 5) is 17.2. The third-order valence-electron chi connectivity index (χ3n) is 3.45. The predicted molar refractivity (Wildman–Crippen MR) is 97.6 cm³/mol. The third-order valence-corrected chi connectivity index (χ3v) is 3.45. The molecule has 0 aliphatic carbocycles. The number of amides is 1. The van der Waals surface area contributed by atoms with E-state index >= 15 is 0 Å². The smallest absolute Gasteiger partial charge is 0.387 e. The van der Waals surface area contributed by atoms with Crippen LogP contribution in [0.3, 0.4) is 0 Å². The quantitative estimate of drug-likeness (QED) is 0.551. The van der Waals surface area contributed by atoms with E-state index in [1.54, 1.807) is 18.2 Å². The van der Waals surface area contributed by atoms with Crippen LogP contribution in [0, 0.1) is 11.3 Å². The lowest BCUT2D eigenvalue weighted by Crippen LogP contribution is -2.26. The number of alkyl halides is 2. The van der Waals surface area contributed by atoms with Gasteiger partial charge in [0.2, 0.25) is 6.10 Å². The minimum Gasteiger partial charge on any atom is -0.493 e. The number of carbonyl (C=O) groups excluding carboxylic acids is 1. The zero-order valence-electron chi connectivity index (χ0n) is 15.1. The Labute approximate surface area is 160 Å². The number of hydrogen-bond donors (Lipinski definition) is 1. The number of oxime groups is 1. The minimum atomic E-state index is -2.97. The molecule has 2 aromatic rings. The van der Waals surface area contributed by atoms with Gasteiger partial charge in [0.05, 0.1) is 25.0 Å². The summed E-state index contributed by atoms with van der Waals surface area (Å²) in [6, 6.07) is 12.6. The molecule has 146 valence electrons. The Balaban J connectivity index is 1.95. The van der Waals surface area contributed by atoms with Crippen LogP contribution in [0.2, 0.25) is 0 Å². The van der Waals surface area contributed by atoms with E-state index in [1.807, 2.05) is 6.07 Å². The van der Waals surface area contributed by atoms with Crippen LogP contribution in [0.15, 0.2) is 47.6 Å². The predicted octanol–water partition coefficient (Wildman–Crippen LogP) is 3.55. The Morgan fingerprint density at radius 1 is 1.25 bits per heavy atom. The highest BCUT2D eigenvalue weighted by Gasteiger charge is 2.15. The molecule has 0 aliphatic rings. The summed E-state index contributed by atoms with van der Waals surface area (Å²) in [5, 5.41) is 15.2. The Hall–Kier alpha value is -3.67. The van der Waals surface area contributed by atoms with E-state index in [9.17, 15) is 13.6 Å². The van der Waals surface area contributed by atoms with Crippen molar-refractivity contribution in [3.8, 4) is 17.6 Å². The van der Waals surface area contributed by atoms with E-state index in [1.165, 1.54) is 44.5 Å². The van der Waals surface area contributed by atoms with Gasteiger partial charge in [-0.3, -0.25) is 4.79 Å². The lowest BCUT2D eigenvalue weighted by Gasteiger charge is -2.11. The molecule has 0 saturated carbocycles. The van der Waals surface area contributed by atoms with E-state index in [2.05, 4.69) is 15.2 Å². The van der Waals surface area contributed by atoms with E-state index in [0.717, 1.165) is 0 Å². The van der Waals surface area contributed by atoms with E-state index in [4.69, 9.17) is 14.8 Å². The Morgan fingerprint density at radius 3 is 2.71 bits per heavy atom. The molecule has 0 fully saturated rings. The van der Waals surface area contributed by atoms with E-state index < -0.39 is 18.6 Å². The SMILES string of the molecule is COc1cc(/C=N\O[C@@H](C)C(=O)Nc2cccc(C#N)c2)ccc1OC(F)F. The molecule has 0 unspecified atom stereocenters. The van der Waals surface area contributed by atoms with Gasteiger partial charge in [-0.2, -0.15) is 14.0 Å². The number of carbonyl (C=O) groups is 1. The average molecular weight is 389 g/mol. The van der Waals surface area contributed by atoms with Gasteiger partial charge in [0.25, 0.3) is 5.91 Å². The lowest BCUT2D eigenvalue weighted by atomic mass is 10.2. The van der Waals surface area contributed by atoms with Gasteiger partial charge in [-0.1, -0.05) is 11.2 Å². The van der Waals surface area contributed by atoms with Crippen molar-refractivity contribution in [3.63, 3.8) is 0 Å². The van der Waals surface area contributed by atoms with Crippen molar-refractivity contribution in [3.05, 3.63) is 53.6 Å². The minimum absolute atomic E-state index is 0.104. The van der Waals surface area contributed by atoms with Crippen molar-refractivity contribution in [2.75, 3.05) is 12.4 Å². The topological polar surface area (TPSA) is 92.9 Å². The Bertz CT molecular complexity index is 897. The molecule has 9 heteroatoms. The molecule has 0 saturated heterocycles. The first-order valence-electron chi connectivity index (χ1n) is 8.06. The number of ether oxygens (including phenoxy) is 2. The van der Waals surface area contributed by atoms with Crippen molar-refractivity contribution in [2.24, 2.45) is 5.16 Å². The highest BCUT2D eigenvalue weighted by Crippen LogP contribution is 2.28. The van der Waals surface area contributed by atoms with Crippen molar-refractivity contribution in [2.45, 2.75) is 19.6 Å². The molecule has 0 bridgehead atoms. The van der Waals surface area contributed by atoms with Gasteiger partial charge in [0.15, 0.2) is 11.5 Å². The summed E-state index contributed by atoms with van der Waals surface area (Å²) < 4.78 is 34.0. The van der Waals surface area contributed by atoms with Crippen LogP contribution in [-0.4, -0.2) is 31.9 Å². The molecule has 1 N–H and O–H groups in total. The molecule has 0 spiro atoms. The molecular formula is C19H17F2N3O4. The molecule has 0 aromatic heterocycles. The summed E-state index contributed by atoms with van der Waals surface area (Å²) in [7, 11) is 1.32. The normalized spacial score (nSPS) is 11.7. The van der Waals surface area contributed by atoms with Crippen LogP contribution < -0.4 is 14.8 Å². The first kappa shape index (κ1) is 20.6. The number of hydrogen-bond acceptors (Lipinski definition) is 6. The summed E-state index contributed by atoms with van der Waals surface area (Å²) >= 11 is 0.